The Morgan fingerprint density at radius 3 is 2.57 bits per heavy atom. The van der Waals surface area contributed by atoms with E-state index in [0.717, 1.165) is 12.0 Å². The van der Waals surface area contributed by atoms with Crippen LogP contribution in [-0.2, 0) is 6.42 Å². The normalized spacial score (nSPS) is 12.5. The Kier molecular flexibility index (Phi) is 4.28. The Bertz CT molecular complexity index is 263. The first-order valence-corrected chi connectivity index (χ1v) is 4.60. The molecule has 5 heteroatoms. The van der Waals surface area contributed by atoms with Gasteiger partial charge in [-0.1, -0.05) is 6.92 Å². The Morgan fingerprint density at radius 1 is 1.43 bits per heavy atom. The molecule has 0 fully saturated rings. The van der Waals surface area contributed by atoms with Gasteiger partial charge in [-0.05, 0) is 12.0 Å². The van der Waals surface area contributed by atoms with Crippen molar-refractivity contribution in [3.63, 3.8) is 0 Å². The summed E-state index contributed by atoms with van der Waals surface area (Å²) in [5.41, 5.74) is 1.07. The van der Waals surface area contributed by atoms with Gasteiger partial charge in [-0.2, -0.15) is 0 Å². The highest BCUT2D eigenvalue weighted by molar-refractivity contribution is 5.24. The zero-order valence-electron chi connectivity index (χ0n) is 8.14. The fraction of sp³-hybridized carbons (Fsp3) is 0.556. The van der Waals surface area contributed by atoms with Crippen LogP contribution in [0.1, 0.15) is 12.5 Å². The fourth-order valence-corrected chi connectivity index (χ4v) is 0.902. The number of aryl methyl sites for hydroxylation is 1. The van der Waals surface area contributed by atoms with Crippen LogP contribution < -0.4 is 5.32 Å². The molecule has 0 aliphatic rings. The minimum atomic E-state index is -0.774. The number of hydrogen-bond donors (Lipinski definition) is 3. The highest BCUT2D eigenvalue weighted by atomic mass is 16.3. The molecule has 0 bridgehead atoms. The molecule has 1 heterocycles. The Morgan fingerprint density at radius 2 is 2.07 bits per heavy atom. The maximum absolute atomic E-state index is 9.05. The SMILES string of the molecule is CCc1cnc(NCC(O)CO)nc1. The van der Waals surface area contributed by atoms with Gasteiger partial charge in [-0.15, -0.1) is 0 Å². The topological polar surface area (TPSA) is 78.3 Å². The van der Waals surface area contributed by atoms with Crippen molar-refractivity contribution in [3.05, 3.63) is 18.0 Å². The molecular formula is C9H15N3O2. The van der Waals surface area contributed by atoms with E-state index >= 15 is 0 Å². The van der Waals surface area contributed by atoms with E-state index in [1.807, 2.05) is 6.92 Å². The summed E-state index contributed by atoms with van der Waals surface area (Å²) >= 11 is 0. The van der Waals surface area contributed by atoms with Crippen LogP contribution in [0.2, 0.25) is 0 Å². The highest BCUT2D eigenvalue weighted by Gasteiger charge is 2.02. The molecule has 0 saturated carbocycles. The number of aliphatic hydroxyl groups is 2. The van der Waals surface area contributed by atoms with Gasteiger partial charge < -0.3 is 15.5 Å². The predicted molar refractivity (Wildman–Crippen MR) is 53.0 cm³/mol. The van der Waals surface area contributed by atoms with Gasteiger partial charge in [0.25, 0.3) is 0 Å². The average Bonchev–Trinajstić information content (AvgIpc) is 2.26. The number of aliphatic hydroxyl groups excluding tert-OH is 2. The number of anilines is 1. The molecule has 0 spiro atoms. The summed E-state index contributed by atoms with van der Waals surface area (Å²) in [5.74, 6) is 0.467. The van der Waals surface area contributed by atoms with Crippen molar-refractivity contribution >= 4 is 5.95 Å². The zero-order valence-corrected chi connectivity index (χ0v) is 8.14. The predicted octanol–water partition coefficient (Wildman–Crippen LogP) is -0.196. The van der Waals surface area contributed by atoms with Gasteiger partial charge in [0.05, 0.1) is 12.7 Å². The summed E-state index contributed by atoms with van der Waals surface area (Å²) in [6, 6.07) is 0. The van der Waals surface area contributed by atoms with Gasteiger partial charge in [-0.3, -0.25) is 0 Å². The van der Waals surface area contributed by atoms with E-state index in [1.54, 1.807) is 12.4 Å². The first-order valence-electron chi connectivity index (χ1n) is 4.60. The van der Waals surface area contributed by atoms with Crippen molar-refractivity contribution in [2.75, 3.05) is 18.5 Å². The molecule has 0 saturated heterocycles. The molecule has 0 aliphatic heterocycles. The average molecular weight is 197 g/mol. The minimum absolute atomic E-state index is 0.252. The smallest absolute Gasteiger partial charge is 0.222 e. The third-order valence-corrected chi connectivity index (χ3v) is 1.82. The van der Waals surface area contributed by atoms with Crippen molar-refractivity contribution in [3.8, 4) is 0 Å². The number of nitrogens with zero attached hydrogens (tertiary/aromatic N) is 2. The molecule has 0 amide bonds. The van der Waals surface area contributed by atoms with E-state index in [2.05, 4.69) is 15.3 Å². The molecule has 14 heavy (non-hydrogen) atoms. The molecule has 78 valence electrons. The van der Waals surface area contributed by atoms with Gasteiger partial charge in [0, 0.05) is 18.9 Å². The second-order valence-corrected chi connectivity index (χ2v) is 2.99. The molecule has 1 aromatic heterocycles. The lowest BCUT2D eigenvalue weighted by Crippen LogP contribution is -2.23. The van der Waals surface area contributed by atoms with E-state index in [0.29, 0.717) is 5.95 Å². The van der Waals surface area contributed by atoms with E-state index in [-0.39, 0.29) is 13.2 Å². The second-order valence-electron chi connectivity index (χ2n) is 2.99. The van der Waals surface area contributed by atoms with E-state index < -0.39 is 6.10 Å². The number of hydrogen-bond acceptors (Lipinski definition) is 5. The van der Waals surface area contributed by atoms with Crippen LogP contribution in [0.5, 0.6) is 0 Å². The van der Waals surface area contributed by atoms with Crippen molar-refractivity contribution < 1.29 is 10.2 Å². The lowest BCUT2D eigenvalue weighted by atomic mass is 10.3. The molecule has 3 N–H and O–H groups in total. The molecular weight excluding hydrogens is 182 g/mol. The summed E-state index contributed by atoms with van der Waals surface area (Å²) in [6.07, 6.45) is 3.60. The van der Waals surface area contributed by atoms with Crippen LogP contribution in [0.4, 0.5) is 5.95 Å². The summed E-state index contributed by atoms with van der Waals surface area (Å²) in [5, 5.41) is 20.4. The first-order chi connectivity index (χ1) is 6.76. The second kappa shape index (κ2) is 5.51. The molecule has 0 aromatic carbocycles. The molecule has 1 atom stereocenters. The number of aromatic nitrogens is 2. The largest absolute Gasteiger partial charge is 0.394 e. The van der Waals surface area contributed by atoms with E-state index in [4.69, 9.17) is 10.2 Å². The molecule has 0 aliphatic carbocycles. The van der Waals surface area contributed by atoms with Gasteiger partial charge in [0.2, 0.25) is 5.95 Å². The molecule has 1 aromatic rings. The van der Waals surface area contributed by atoms with Crippen molar-refractivity contribution in [1.29, 1.82) is 0 Å². The third-order valence-electron chi connectivity index (χ3n) is 1.82. The van der Waals surface area contributed by atoms with Gasteiger partial charge in [0.1, 0.15) is 0 Å². The fourth-order valence-electron chi connectivity index (χ4n) is 0.902. The van der Waals surface area contributed by atoms with Crippen LogP contribution in [0.3, 0.4) is 0 Å². The highest BCUT2D eigenvalue weighted by Crippen LogP contribution is 2.00. The molecule has 0 radical (unpaired) electrons. The lowest BCUT2D eigenvalue weighted by Gasteiger charge is -2.08. The molecule has 5 nitrogen and oxygen atoms in total. The quantitative estimate of drug-likeness (QED) is 0.609. The van der Waals surface area contributed by atoms with Crippen molar-refractivity contribution in [2.45, 2.75) is 19.4 Å². The van der Waals surface area contributed by atoms with Crippen LogP contribution in [-0.4, -0.2) is 39.4 Å². The van der Waals surface area contributed by atoms with Crippen LogP contribution in [0.15, 0.2) is 12.4 Å². The maximum atomic E-state index is 9.05. The number of nitrogens with one attached hydrogen (secondary N) is 1. The molecule has 1 rings (SSSR count). The van der Waals surface area contributed by atoms with Crippen LogP contribution in [0.25, 0.3) is 0 Å². The Labute approximate surface area is 82.8 Å². The summed E-state index contributed by atoms with van der Waals surface area (Å²) in [7, 11) is 0. The van der Waals surface area contributed by atoms with E-state index in [9.17, 15) is 0 Å². The van der Waals surface area contributed by atoms with E-state index in [1.165, 1.54) is 0 Å². The van der Waals surface area contributed by atoms with Crippen LogP contribution >= 0.6 is 0 Å². The lowest BCUT2D eigenvalue weighted by molar-refractivity contribution is 0.105. The minimum Gasteiger partial charge on any atom is -0.394 e. The van der Waals surface area contributed by atoms with Crippen molar-refractivity contribution in [2.24, 2.45) is 0 Å². The summed E-state index contributed by atoms with van der Waals surface area (Å²) in [4.78, 5) is 8.08. The monoisotopic (exact) mass is 197 g/mol. The van der Waals surface area contributed by atoms with Gasteiger partial charge >= 0.3 is 0 Å². The van der Waals surface area contributed by atoms with Crippen LogP contribution in [0, 0.1) is 0 Å². The van der Waals surface area contributed by atoms with Gasteiger partial charge in [0.15, 0.2) is 0 Å². The number of rotatable bonds is 5. The summed E-state index contributed by atoms with van der Waals surface area (Å²) < 4.78 is 0. The zero-order chi connectivity index (χ0) is 10.4. The van der Waals surface area contributed by atoms with Crippen molar-refractivity contribution in [1.82, 2.24) is 9.97 Å². The molecule has 1 unspecified atom stereocenters. The third kappa shape index (κ3) is 3.27. The standard InChI is InChI=1S/C9H15N3O2/c1-2-7-3-10-9(11-4-7)12-5-8(14)6-13/h3-4,8,13-14H,2,5-6H2,1H3,(H,10,11,12). The Balaban J connectivity index is 2.43. The first kappa shape index (κ1) is 10.9. The maximum Gasteiger partial charge on any atom is 0.222 e. The summed E-state index contributed by atoms with van der Waals surface area (Å²) in [6.45, 7) is 2.02. The Hall–Kier alpha value is -1.20. The van der Waals surface area contributed by atoms with Gasteiger partial charge in [-0.25, -0.2) is 9.97 Å².